The van der Waals surface area contributed by atoms with Crippen molar-refractivity contribution in [3.05, 3.63) is 23.7 Å². The highest BCUT2D eigenvalue weighted by atomic mass is 32.1. The lowest BCUT2D eigenvalue weighted by Gasteiger charge is -2.00. The van der Waals surface area contributed by atoms with E-state index in [0.29, 0.717) is 5.82 Å². The van der Waals surface area contributed by atoms with Crippen LogP contribution in [0.15, 0.2) is 23.7 Å². The van der Waals surface area contributed by atoms with Crippen molar-refractivity contribution in [2.75, 3.05) is 12.5 Å². The molecule has 0 amide bonds. The summed E-state index contributed by atoms with van der Waals surface area (Å²) >= 11 is 1.52. The van der Waals surface area contributed by atoms with Crippen LogP contribution < -0.4 is 15.2 Å². The van der Waals surface area contributed by atoms with Gasteiger partial charge in [-0.3, -0.25) is 0 Å². The molecule has 3 rings (SSSR count). The second-order valence-corrected chi connectivity index (χ2v) is 3.99. The van der Waals surface area contributed by atoms with E-state index >= 15 is 0 Å². The zero-order chi connectivity index (χ0) is 10.3. The summed E-state index contributed by atoms with van der Waals surface area (Å²) in [4.78, 5) is 4.98. The van der Waals surface area contributed by atoms with E-state index in [9.17, 15) is 0 Å². The fourth-order valence-corrected chi connectivity index (χ4v) is 2.22. The molecule has 0 bridgehead atoms. The van der Waals surface area contributed by atoms with Crippen LogP contribution in [0.1, 0.15) is 0 Å². The minimum absolute atomic E-state index is 0.289. The Kier molecular flexibility index (Phi) is 1.78. The molecule has 0 fully saturated rings. The SMILES string of the molecule is Nc1ncsc1-c1ccc2c(c1)OCO2. The highest BCUT2D eigenvalue weighted by Gasteiger charge is 2.15. The van der Waals surface area contributed by atoms with Crippen LogP contribution in [0.5, 0.6) is 11.5 Å². The predicted octanol–water partition coefficient (Wildman–Crippen LogP) is 2.12. The molecule has 76 valence electrons. The summed E-state index contributed by atoms with van der Waals surface area (Å²) in [5, 5.41) is 0. The Labute approximate surface area is 90.3 Å². The predicted molar refractivity (Wildman–Crippen MR) is 58.1 cm³/mol. The van der Waals surface area contributed by atoms with E-state index in [1.807, 2.05) is 18.2 Å². The fraction of sp³-hybridized carbons (Fsp3) is 0.100. The third-order valence-corrected chi connectivity index (χ3v) is 3.12. The smallest absolute Gasteiger partial charge is 0.231 e. The van der Waals surface area contributed by atoms with Gasteiger partial charge in [0.1, 0.15) is 5.82 Å². The summed E-state index contributed by atoms with van der Waals surface area (Å²) in [6.45, 7) is 0.289. The first-order valence-electron chi connectivity index (χ1n) is 4.43. The van der Waals surface area contributed by atoms with E-state index in [4.69, 9.17) is 15.2 Å². The molecule has 0 radical (unpaired) electrons. The van der Waals surface area contributed by atoms with E-state index in [0.717, 1.165) is 21.9 Å². The van der Waals surface area contributed by atoms with Gasteiger partial charge in [0.25, 0.3) is 0 Å². The molecule has 0 atom stereocenters. The second kappa shape index (κ2) is 3.13. The number of hydrogen-bond acceptors (Lipinski definition) is 5. The molecule has 1 aromatic heterocycles. The summed E-state index contributed by atoms with van der Waals surface area (Å²) in [6.07, 6.45) is 0. The number of ether oxygens (including phenoxy) is 2. The molecule has 0 unspecified atom stereocenters. The minimum atomic E-state index is 0.289. The quantitative estimate of drug-likeness (QED) is 0.799. The molecular weight excluding hydrogens is 212 g/mol. The van der Waals surface area contributed by atoms with Crippen LogP contribution >= 0.6 is 11.3 Å². The van der Waals surface area contributed by atoms with Crippen LogP contribution in [0.3, 0.4) is 0 Å². The number of fused-ring (bicyclic) bond motifs is 1. The molecule has 2 heterocycles. The summed E-state index contributed by atoms with van der Waals surface area (Å²) in [7, 11) is 0. The van der Waals surface area contributed by atoms with Gasteiger partial charge in [0, 0.05) is 0 Å². The Morgan fingerprint density at radius 2 is 2.13 bits per heavy atom. The molecule has 4 nitrogen and oxygen atoms in total. The number of rotatable bonds is 1. The van der Waals surface area contributed by atoms with Gasteiger partial charge in [0.2, 0.25) is 6.79 Å². The molecule has 0 spiro atoms. The Bertz CT molecular complexity index is 510. The number of thiazole rings is 1. The third-order valence-electron chi connectivity index (χ3n) is 2.23. The fourth-order valence-electron chi connectivity index (χ4n) is 1.51. The van der Waals surface area contributed by atoms with Gasteiger partial charge < -0.3 is 15.2 Å². The highest BCUT2D eigenvalue weighted by molar-refractivity contribution is 7.13. The molecule has 5 heteroatoms. The monoisotopic (exact) mass is 220 g/mol. The van der Waals surface area contributed by atoms with Crippen molar-refractivity contribution in [1.82, 2.24) is 4.98 Å². The molecule has 1 aliphatic rings. The third kappa shape index (κ3) is 1.32. The van der Waals surface area contributed by atoms with E-state index in [1.165, 1.54) is 11.3 Å². The molecule has 1 aliphatic heterocycles. The highest BCUT2D eigenvalue weighted by Crippen LogP contribution is 2.38. The molecule has 0 saturated heterocycles. The zero-order valence-electron chi connectivity index (χ0n) is 7.77. The van der Waals surface area contributed by atoms with Gasteiger partial charge in [0.15, 0.2) is 11.5 Å². The molecule has 1 aromatic carbocycles. The van der Waals surface area contributed by atoms with E-state index < -0.39 is 0 Å². The van der Waals surface area contributed by atoms with Gasteiger partial charge in [-0.05, 0) is 23.8 Å². The van der Waals surface area contributed by atoms with E-state index in [2.05, 4.69) is 4.98 Å². The van der Waals surface area contributed by atoms with E-state index in [1.54, 1.807) is 5.51 Å². The van der Waals surface area contributed by atoms with Crippen LogP contribution in [0.2, 0.25) is 0 Å². The molecular formula is C10H8N2O2S. The van der Waals surface area contributed by atoms with Crippen molar-refractivity contribution in [2.24, 2.45) is 0 Å². The first-order chi connectivity index (χ1) is 7.34. The van der Waals surface area contributed by atoms with Gasteiger partial charge in [0.05, 0.1) is 10.4 Å². The van der Waals surface area contributed by atoms with Crippen molar-refractivity contribution < 1.29 is 9.47 Å². The standard InChI is InChI=1S/C10H8N2O2S/c11-10-9(15-4-12-10)6-1-2-7-8(3-6)14-5-13-7/h1-4H,5,11H2. The first kappa shape index (κ1) is 8.55. The van der Waals surface area contributed by atoms with Crippen molar-refractivity contribution >= 4 is 17.2 Å². The molecule has 2 aromatic rings. The van der Waals surface area contributed by atoms with Gasteiger partial charge in [-0.1, -0.05) is 0 Å². The van der Waals surface area contributed by atoms with Crippen LogP contribution in [-0.2, 0) is 0 Å². The minimum Gasteiger partial charge on any atom is -0.454 e. The summed E-state index contributed by atoms with van der Waals surface area (Å²) in [6, 6.07) is 5.76. The Balaban J connectivity index is 2.11. The van der Waals surface area contributed by atoms with Crippen LogP contribution in [-0.4, -0.2) is 11.8 Å². The first-order valence-corrected chi connectivity index (χ1v) is 5.31. The Hall–Kier alpha value is -1.75. The van der Waals surface area contributed by atoms with Gasteiger partial charge in [-0.15, -0.1) is 11.3 Å². The van der Waals surface area contributed by atoms with Crippen LogP contribution in [0.25, 0.3) is 10.4 Å². The lowest BCUT2D eigenvalue weighted by Crippen LogP contribution is -1.92. The average molecular weight is 220 g/mol. The van der Waals surface area contributed by atoms with Crippen molar-refractivity contribution in [3.63, 3.8) is 0 Å². The summed E-state index contributed by atoms with van der Waals surface area (Å²) < 4.78 is 10.5. The number of nitrogens with two attached hydrogens (primary N) is 1. The number of benzene rings is 1. The molecule has 0 aliphatic carbocycles. The molecule has 15 heavy (non-hydrogen) atoms. The van der Waals surface area contributed by atoms with Crippen molar-refractivity contribution in [2.45, 2.75) is 0 Å². The normalized spacial score (nSPS) is 13.1. The molecule has 0 saturated carbocycles. The zero-order valence-corrected chi connectivity index (χ0v) is 8.58. The molecule has 2 N–H and O–H groups in total. The average Bonchev–Trinajstić information content (AvgIpc) is 2.84. The summed E-state index contributed by atoms with van der Waals surface area (Å²) in [5.41, 5.74) is 8.49. The topological polar surface area (TPSA) is 57.4 Å². The maximum atomic E-state index is 5.75. The Morgan fingerprint density at radius 3 is 2.93 bits per heavy atom. The number of nitrogen functional groups attached to an aromatic ring is 1. The summed E-state index contributed by atoms with van der Waals surface area (Å²) in [5.74, 6) is 2.10. The van der Waals surface area contributed by atoms with Crippen LogP contribution in [0, 0.1) is 0 Å². The lowest BCUT2D eigenvalue weighted by molar-refractivity contribution is 0.174. The number of anilines is 1. The van der Waals surface area contributed by atoms with Crippen molar-refractivity contribution in [3.8, 4) is 21.9 Å². The van der Waals surface area contributed by atoms with Gasteiger partial charge >= 0.3 is 0 Å². The number of aromatic nitrogens is 1. The van der Waals surface area contributed by atoms with Crippen molar-refractivity contribution in [1.29, 1.82) is 0 Å². The second-order valence-electron chi connectivity index (χ2n) is 3.13. The lowest BCUT2D eigenvalue weighted by atomic mass is 10.2. The maximum Gasteiger partial charge on any atom is 0.231 e. The van der Waals surface area contributed by atoms with Crippen LogP contribution in [0.4, 0.5) is 5.82 Å². The maximum absolute atomic E-state index is 5.75. The van der Waals surface area contributed by atoms with Gasteiger partial charge in [-0.25, -0.2) is 4.98 Å². The van der Waals surface area contributed by atoms with Gasteiger partial charge in [-0.2, -0.15) is 0 Å². The largest absolute Gasteiger partial charge is 0.454 e. The Morgan fingerprint density at radius 1 is 1.27 bits per heavy atom. The number of nitrogens with zero attached hydrogens (tertiary/aromatic N) is 1. The van der Waals surface area contributed by atoms with E-state index in [-0.39, 0.29) is 6.79 Å². The number of hydrogen-bond donors (Lipinski definition) is 1.